The molecule has 0 saturated heterocycles. The van der Waals surface area contributed by atoms with Crippen molar-refractivity contribution >= 4 is 0 Å². The lowest BCUT2D eigenvalue weighted by atomic mass is 10.1. The fourth-order valence-corrected chi connectivity index (χ4v) is 2.48. The number of hydrogen-bond acceptors (Lipinski definition) is 6. The molecule has 0 aliphatic heterocycles. The molecule has 29 heavy (non-hydrogen) atoms. The Morgan fingerprint density at radius 2 is 1.00 bits per heavy atom. The zero-order valence-electron chi connectivity index (χ0n) is 16.0. The first-order chi connectivity index (χ1) is 13.8. The Morgan fingerprint density at radius 3 is 1.31 bits per heavy atom. The van der Waals surface area contributed by atoms with Crippen LogP contribution in [0.1, 0.15) is 13.8 Å². The van der Waals surface area contributed by atoms with Crippen molar-refractivity contribution in [2.24, 2.45) is 0 Å². The van der Waals surface area contributed by atoms with Gasteiger partial charge in [-0.1, -0.05) is 0 Å². The minimum absolute atomic E-state index is 0.664. The average molecular weight is 421 g/mol. The summed E-state index contributed by atoms with van der Waals surface area (Å²) in [5.74, 6) is 3.38. The third-order valence-corrected chi connectivity index (χ3v) is 3.61. The lowest BCUT2D eigenvalue weighted by molar-refractivity contribution is -2.00. The van der Waals surface area contributed by atoms with Crippen LogP contribution in [0.5, 0.6) is 11.5 Å². The van der Waals surface area contributed by atoms with Crippen LogP contribution >= 0.6 is 0 Å². The van der Waals surface area contributed by atoms with Crippen molar-refractivity contribution in [2.75, 3.05) is 13.2 Å². The van der Waals surface area contributed by atoms with E-state index < -0.39 is 10.2 Å². The van der Waals surface area contributed by atoms with Gasteiger partial charge in [0, 0.05) is 12.1 Å². The smallest absolute Gasteiger partial charge is 0.360 e. The Kier molecular flexibility index (Phi) is 8.38. The predicted octanol–water partition coefficient (Wildman–Crippen LogP) is 0.936. The summed E-state index contributed by atoms with van der Waals surface area (Å²) in [4.78, 5) is 0. The Bertz CT molecular complexity index is 804. The quantitative estimate of drug-likeness (QED) is 0.543. The van der Waals surface area contributed by atoms with Gasteiger partial charge < -0.3 is 9.47 Å². The van der Waals surface area contributed by atoms with E-state index in [1.807, 2.05) is 80.6 Å². The van der Waals surface area contributed by atoms with Crippen LogP contribution < -0.4 is 28.1 Å². The molecular weight excluding hydrogens is 400 g/mol. The van der Waals surface area contributed by atoms with Gasteiger partial charge in [0.15, 0.2) is 0 Å². The first-order valence-corrected chi connectivity index (χ1v) is 10.0. The molecule has 0 aliphatic rings. The highest BCUT2D eigenvalue weighted by atomic mass is 35.7. The molecule has 2 aromatic carbocycles. The van der Waals surface area contributed by atoms with E-state index in [1.54, 1.807) is 0 Å². The van der Waals surface area contributed by atoms with Gasteiger partial charge in [0.05, 0.1) is 24.3 Å². The molecule has 0 fully saturated rings. The van der Waals surface area contributed by atoms with Crippen molar-refractivity contribution in [3.05, 3.63) is 66.7 Å². The third kappa shape index (κ3) is 8.06. The standard InChI is InChI=1S/C21H21O3.ClHO4/c1-3-22-18-12-8-16(9-13-18)20-6-5-7-21(24-20)17-10-14-19(15-11-17)23-4-2;2-1(3,4)5/h5-15H,3-4H2,1-2H3;(H,2,3,4,5)/q+1;/p-1. The van der Waals surface area contributed by atoms with E-state index in [2.05, 4.69) is 0 Å². The molecule has 8 heteroatoms. The third-order valence-electron chi connectivity index (χ3n) is 3.61. The van der Waals surface area contributed by atoms with Gasteiger partial charge in [0.1, 0.15) is 11.5 Å². The molecule has 3 rings (SSSR count). The van der Waals surface area contributed by atoms with E-state index in [9.17, 15) is 0 Å². The van der Waals surface area contributed by atoms with Gasteiger partial charge in [0.25, 0.3) is 0 Å². The summed E-state index contributed by atoms with van der Waals surface area (Å²) in [5, 5.41) is 0. The second-order valence-electron chi connectivity index (χ2n) is 5.65. The van der Waals surface area contributed by atoms with Gasteiger partial charge in [-0.3, -0.25) is 0 Å². The fraction of sp³-hybridized carbons (Fsp3) is 0.190. The van der Waals surface area contributed by atoms with Gasteiger partial charge in [-0.25, -0.2) is 23.1 Å². The van der Waals surface area contributed by atoms with Gasteiger partial charge in [-0.2, -0.15) is 0 Å². The monoisotopic (exact) mass is 420 g/mol. The molecule has 3 aromatic rings. The van der Waals surface area contributed by atoms with Crippen LogP contribution in [0.15, 0.2) is 71.1 Å². The van der Waals surface area contributed by atoms with Crippen LogP contribution in [0.25, 0.3) is 22.6 Å². The zero-order valence-corrected chi connectivity index (χ0v) is 16.8. The molecule has 1 heterocycles. The summed E-state index contributed by atoms with van der Waals surface area (Å²) < 4.78 is 51.0. The van der Waals surface area contributed by atoms with E-state index >= 15 is 0 Å². The van der Waals surface area contributed by atoms with Gasteiger partial charge in [-0.05, 0) is 68.4 Å². The van der Waals surface area contributed by atoms with E-state index in [0.717, 1.165) is 34.1 Å². The lowest BCUT2D eigenvalue weighted by Gasteiger charge is -2.17. The Balaban J connectivity index is 0.000000537. The van der Waals surface area contributed by atoms with Crippen LogP contribution in [-0.2, 0) is 0 Å². The lowest BCUT2D eigenvalue weighted by Crippen LogP contribution is -2.68. The summed E-state index contributed by atoms with van der Waals surface area (Å²) in [6, 6.07) is 21.8. The minimum atomic E-state index is -4.94. The highest BCUT2D eigenvalue weighted by Crippen LogP contribution is 2.28. The topological polar surface area (TPSA) is 122 Å². The number of benzene rings is 2. The number of rotatable bonds is 6. The molecule has 0 spiro atoms. The largest absolute Gasteiger partial charge is 0.494 e. The molecule has 154 valence electrons. The van der Waals surface area contributed by atoms with E-state index in [4.69, 9.17) is 32.5 Å². The maximum atomic E-state index is 8.49. The summed E-state index contributed by atoms with van der Waals surface area (Å²) >= 11 is 0. The molecule has 0 N–H and O–H groups in total. The molecule has 0 bridgehead atoms. The molecule has 1 aromatic heterocycles. The molecule has 0 unspecified atom stereocenters. The van der Waals surface area contributed by atoms with Crippen LogP contribution in [0.2, 0.25) is 0 Å². The van der Waals surface area contributed by atoms with Crippen molar-refractivity contribution in [2.45, 2.75) is 13.8 Å². The number of hydrogen-bond donors (Lipinski definition) is 0. The minimum Gasteiger partial charge on any atom is -0.494 e. The molecular formula is C21H21ClO7. The molecule has 7 nitrogen and oxygen atoms in total. The summed E-state index contributed by atoms with van der Waals surface area (Å²) in [6.07, 6.45) is 0. The summed E-state index contributed by atoms with van der Waals surface area (Å²) in [5.41, 5.74) is 2.04. The maximum absolute atomic E-state index is 8.49. The molecule has 0 amide bonds. The van der Waals surface area contributed by atoms with Crippen molar-refractivity contribution in [3.63, 3.8) is 0 Å². The van der Waals surface area contributed by atoms with E-state index in [-0.39, 0.29) is 0 Å². The zero-order chi connectivity index (χ0) is 21.3. The second kappa shape index (κ2) is 10.8. The maximum Gasteiger partial charge on any atom is 0.360 e. The number of halogens is 1. The molecule has 0 radical (unpaired) electrons. The highest BCUT2D eigenvalue weighted by molar-refractivity contribution is 5.63. The van der Waals surface area contributed by atoms with E-state index in [1.165, 1.54) is 0 Å². The summed E-state index contributed by atoms with van der Waals surface area (Å²) in [7, 11) is -4.94. The van der Waals surface area contributed by atoms with E-state index in [0.29, 0.717) is 13.2 Å². The van der Waals surface area contributed by atoms with Crippen molar-refractivity contribution in [1.29, 1.82) is 0 Å². The number of ether oxygens (including phenoxy) is 2. The van der Waals surface area contributed by atoms with Crippen molar-refractivity contribution in [1.82, 2.24) is 0 Å². The first kappa shape index (κ1) is 22.6. The highest BCUT2D eigenvalue weighted by Gasteiger charge is 2.16. The average Bonchev–Trinajstić information content (AvgIpc) is 2.69. The Hall–Kier alpha value is -2.68. The van der Waals surface area contributed by atoms with Gasteiger partial charge in [0.2, 0.25) is 0 Å². The summed E-state index contributed by atoms with van der Waals surface area (Å²) in [6.45, 7) is 5.28. The first-order valence-electron chi connectivity index (χ1n) is 8.81. The molecule has 0 atom stereocenters. The Labute approximate surface area is 171 Å². The van der Waals surface area contributed by atoms with Crippen molar-refractivity contribution < 1.29 is 42.8 Å². The second-order valence-corrected chi connectivity index (χ2v) is 6.41. The van der Waals surface area contributed by atoms with Gasteiger partial charge >= 0.3 is 11.5 Å². The molecule has 0 saturated carbocycles. The predicted molar refractivity (Wildman–Crippen MR) is 96.3 cm³/mol. The van der Waals surface area contributed by atoms with Crippen molar-refractivity contribution in [3.8, 4) is 34.1 Å². The normalized spacial score (nSPS) is 10.7. The molecule has 0 aliphatic carbocycles. The van der Waals surface area contributed by atoms with Crippen LogP contribution in [0.3, 0.4) is 0 Å². The fourth-order valence-electron chi connectivity index (χ4n) is 2.48. The SMILES string of the molecule is CCOc1ccc(-c2cccc(-c3ccc(OCC)cc3)[o+]2)cc1.[O-][Cl+3]([O-])([O-])[O-]. The van der Waals surface area contributed by atoms with Crippen LogP contribution in [-0.4, -0.2) is 13.2 Å². The Morgan fingerprint density at radius 1 is 0.655 bits per heavy atom. The van der Waals surface area contributed by atoms with Crippen LogP contribution in [0, 0.1) is 10.2 Å². The van der Waals surface area contributed by atoms with Crippen LogP contribution in [0.4, 0.5) is 0 Å². The van der Waals surface area contributed by atoms with Gasteiger partial charge in [-0.15, -0.1) is 10.2 Å².